The van der Waals surface area contributed by atoms with Crippen LogP contribution in [0, 0.1) is 17.0 Å². The van der Waals surface area contributed by atoms with Crippen molar-refractivity contribution in [3.05, 3.63) is 29.8 Å². The van der Waals surface area contributed by atoms with Crippen molar-refractivity contribution >= 4 is 11.6 Å². The SMILES string of the molecule is CN(CC(=O)Nc1ccc(F)c(F)c1)CC(C)(CO)CO. The Kier molecular flexibility index (Phi) is 6.19. The molecule has 0 fully saturated rings. The number of hydrogen-bond donors (Lipinski definition) is 3. The average Bonchev–Trinajstić information content (AvgIpc) is 2.42. The van der Waals surface area contributed by atoms with Crippen LogP contribution >= 0.6 is 0 Å². The Morgan fingerprint density at radius 1 is 1.29 bits per heavy atom. The summed E-state index contributed by atoms with van der Waals surface area (Å²) in [6, 6.07) is 3.10. The molecule has 0 aliphatic carbocycles. The number of aliphatic hydroxyl groups is 2. The molecule has 0 heterocycles. The van der Waals surface area contributed by atoms with Gasteiger partial charge in [0.05, 0.1) is 19.8 Å². The van der Waals surface area contributed by atoms with Gasteiger partial charge in [0.15, 0.2) is 11.6 Å². The van der Waals surface area contributed by atoms with Gasteiger partial charge >= 0.3 is 0 Å². The molecule has 0 aromatic heterocycles. The number of nitrogens with one attached hydrogen (secondary N) is 1. The van der Waals surface area contributed by atoms with Gasteiger partial charge in [-0.05, 0) is 19.2 Å². The molecule has 0 saturated carbocycles. The van der Waals surface area contributed by atoms with E-state index < -0.39 is 23.0 Å². The van der Waals surface area contributed by atoms with Crippen LogP contribution in [-0.4, -0.2) is 54.4 Å². The van der Waals surface area contributed by atoms with Crippen molar-refractivity contribution in [2.24, 2.45) is 5.41 Å². The number of amides is 1. The van der Waals surface area contributed by atoms with Crippen molar-refractivity contribution in [1.82, 2.24) is 4.90 Å². The van der Waals surface area contributed by atoms with Crippen molar-refractivity contribution < 1.29 is 23.8 Å². The number of halogens is 2. The van der Waals surface area contributed by atoms with E-state index in [4.69, 9.17) is 0 Å². The highest BCUT2D eigenvalue weighted by Crippen LogP contribution is 2.16. The van der Waals surface area contributed by atoms with Crippen LogP contribution in [-0.2, 0) is 4.79 Å². The lowest BCUT2D eigenvalue weighted by molar-refractivity contribution is -0.117. The predicted octanol–water partition coefficient (Wildman–Crippen LogP) is 0.826. The summed E-state index contributed by atoms with van der Waals surface area (Å²) in [4.78, 5) is 13.4. The number of hydrogen-bond acceptors (Lipinski definition) is 4. The Morgan fingerprint density at radius 2 is 1.90 bits per heavy atom. The zero-order valence-corrected chi connectivity index (χ0v) is 12.1. The number of nitrogens with zero attached hydrogens (tertiary/aromatic N) is 1. The summed E-state index contributed by atoms with van der Waals surface area (Å²) in [5.41, 5.74) is -0.545. The standard InChI is InChI=1S/C14H20F2N2O3/c1-14(8-19,9-20)7-18(2)6-13(21)17-10-3-4-11(15)12(16)5-10/h3-5,19-20H,6-9H2,1-2H3,(H,17,21). The van der Waals surface area contributed by atoms with Crippen LogP contribution < -0.4 is 5.32 Å². The molecule has 1 amide bonds. The Balaban J connectivity index is 2.55. The van der Waals surface area contributed by atoms with Crippen molar-refractivity contribution in [3.63, 3.8) is 0 Å². The molecule has 7 heteroatoms. The van der Waals surface area contributed by atoms with Gasteiger partial charge in [0.1, 0.15) is 0 Å². The van der Waals surface area contributed by atoms with Gasteiger partial charge in [0.25, 0.3) is 0 Å². The van der Waals surface area contributed by atoms with Crippen LogP contribution in [0.3, 0.4) is 0 Å². The zero-order chi connectivity index (χ0) is 16.0. The van der Waals surface area contributed by atoms with Crippen molar-refractivity contribution in [1.29, 1.82) is 0 Å². The van der Waals surface area contributed by atoms with Gasteiger partial charge in [-0.3, -0.25) is 9.69 Å². The summed E-state index contributed by atoms with van der Waals surface area (Å²) in [5, 5.41) is 20.8. The molecule has 1 aromatic rings. The minimum absolute atomic E-state index is 0.00537. The lowest BCUT2D eigenvalue weighted by Crippen LogP contribution is -2.41. The molecule has 0 unspecified atom stereocenters. The van der Waals surface area contributed by atoms with Crippen molar-refractivity contribution in [2.45, 2.75) is 6.92 Å². The molecular formula is C14H20F2N2O3. The van der Waals surface area contributed by atoms with E-state index in [1.807, 2.05) is 0 Å². The minimum Gasteiger partial charge on any atom is -0.396 e. The third-order valence-electron chi connectivity index (χ3n) is 3.03. The molecule has 0 aliphatic rings. The van der Waals surface area contributed by atoms with E-state index in [9.17, 15) is 23.8 Å². The van der Waals surface area contributed by atoms with Gasteiger partial charge in [-0.2, -0.15) is 0 Å². The molecule has 0 aliphatic heterocycles. The number of likely N-dealkylation sites (N-methyl/N-ethyl adjacent to an activating group) is 1. The van der Waals surface area contributed by atoms with Gasteiger partial charge < -0.3 is 15.5 Å². The summed E-state index contributed by atoms with van der Waals surface area (Å²) in [7, 11) is 1.66. The van der Waals surface area contributed by atoms with E-state index in [0.717, 1.165) is 12.1 Å². The van der Waals surface area contributed by atoms with E-state index >= 15 is 0 Å². The zero-order valence-electron chi connectivity index (χ0n) is 12.1. The molecule has 0 saturated heterocycles. The third-order valence-corrected chi connectivity index (χ3v) is 3.03. The van der Waals surface area contributed by atoms with Crippen LogP contribution in [0.4, 0.5) is 14.5 Å². The Bertz CT molecular complexity index is 493. The number of aliphatic hydroxyl groups excluding tert-OH is 2. The maximum absolute atomic E-state index is 13.0. The lowest BCUT2D eigenvalue weighted by atomic mass is 9.92. The second-order valence-corrected chi connectivity index (χ2v) is 5.48. The molecule has 0 radical (unpaired) electrons. The predicted molar refractivity (Wildman–Crippen MR) is 74.8 cm³/mol. The van der Waals surface area contributed by atoms with Gasteiger partial charge in [0, 0.05) is 23.7 Å². The topological polar surface area (TPSA) is 72.8 Å². The Labute approximate surface area is 122 Å². The number of carbonyl (C=O) groups is 1. The quantitative estimate of drug-likeness (QED) is 0.697. The summed E-state index contributed by atoms with van der Waals surface area (Å²) in [6.45, 7) is 1.58. The molecular weight excluding hydrogens is 282 g/mol. The fraction of sp³-hybridized carbons (Fsp3) is 0.500. The molecule has 21 heavy (non-hydrogen) atoms. The van der Waals surface area contributed by atoms with Crippen molar-refractivity contribution in [2.75, 3.05) is 38.7 Å². The van der Waals surface area contributed by atoms with Gasteiger partial charge in [-0.25, -0.2) is 8.78 Å². The van der Waals surface area contributed by atoms with Crippen LogP contribution in [0.15, 0.2) is 18.2 Å². The molecule has 5 nitrogen and oxygen atoms in total. The fourth-order valence-corrected chi connectivity index (χ4v) is 1.88. The highest BCUT2D eigenvalue weighted by Gasteiger charge is 2.25. The third kappa shape index (κ3) is 5.37. The first-order chi connectivity index (χ1) is 9.79. The van der Waals surface area contributed by atoms with E-state index in [1.54, 1.807) is 18.9 Å². The first-order valence-corrected chi connectivity index (χ1v) is 6.45. The highest BCUT2D eigenvalue weighted by atomic mass is 19.2. The Hall–Kier alpha value is -1.57. The maximum atomic E-state index is 13.0. The molecule has 3 N–H and O–H groups in total. The molecule has 0 atom stereocenters. The van der Waals surface area contributed by atoms with Crippen LogP contribution in [0.2, 0.25) is 0 Å². The summed E-state index contributed by atoms with van der Waals surface area (Å²) in [5.74, 6) is -2.41. The molecule has 1 rings (SSSR count). The second-order valence-electron chi connectivity index (χ2n) is 5.48. The van der Waals surface area contributed by atoms with E-state index in [-0.39, 0.29) is 25.4 Å². The summed E-state index contributed by atoms with van der Waals surface area (Å²) >= 11 is 0. The second kappa shape index (κ2) is 7.44. The number of benzene rings is 1. The van der Waals surface area contributed by atoms with Crippen LogP contribution in [0.25, 0.3) is 0 Å². The van der Waals surface area contributed by atoms with Gasteiger partial charge in [-0.15, -0.1) is 0 Å². The molecule has 118 valence electrons. The van der Waals surface area contributed by atoms with Gasteiger partial charge in [0.2, 0.25) is 5.91 Å². The molecule has 0 spiro atoms. The number of carbonyl (C=O) groups excluding carboxylic acids is 1. The largest absolute Gasteiger partial charge is 0.396 e. The normalized spacial score (nSPS) is 11.8. The van der Waals surface area contributed by atoms with Crippen LogP contribution in [0.1, 0.15) is 6.92 Å². The first-order valence-electron chi connectivity index (χ1n) is 6.45. The smallest absolute Gasteiger partial charge is 0.238 e. The number of rotatable bonds is 7. The maximum Gasteiger partial charge on any atom is 0.238 e. The lowest BCUT2D eigenvalue weighted by Gasteiger charge is -2.29. The monoisotopic (exact) mass is 302 g/mol. The van der Waals surface area contributed by atoms with Gasteiger partial charge in [-0.1, -0.05) is 6.92 Å². The number of anilines is 1. The molecule has 0 bridgehead atoms. The fourth-order valence-electron chi connectivity index (χ4n) is 1.88. The minimum atomic E-state index is -1.03. The Morgan fingerprint density at radius 3 is 2.43 bits per heavy atom. The van der Waals surface area contributed by atoms with Crippen molar-refractivity contribution in [3.8, 4) is 0 Å². The first kappa shape index (κ1) is 17.5. The van der Waals surface area contributed by atoms with Crippen LogP contribution in [0.5, 0.6) is 0 Å². The van der Waals surface area contributed by atoms with E-state index in [1.165, 1.54) is 6.07 Å². The van der Waals surface area contributed by atoms with E-state index in [0.29, 0.717) is 6.54 Å². The summed E-state index contributed by atoms with van der Waals surface area (Å²) < 4.78 is 25.8. The molecule has 1 aromatic carbocycles. The highest BCUT2D eigenvalue weighted by molar-refractivity contribution is 5.92. The average molecular weight is 302 g/mol. The van der Waals surface area contributed by atoms with E-state index in [2.05, 4.69) is 5.32 Å². The summed E-state index contributed by atoms with van der Waals surface area (Å²) in [6.07, 6.45) is 0.